The second-order valence-corrected chi connectivity index (χ2v) is 8.30. The van der Waals surface area contributed by atoms with Gasteiger partial charge in [0.1, 0.15) is 0 Å². The van der Waals surface area contributed by atoms with Gasteiger partial charge in [-0.1, -0.05) is 39.3 Å². The number of hydrogen-bond acceptors (Lipinski definition) is 3. The number of nitrogens with one attached hydrogen (secondary N) is 2. The maximum Gasteiger partial charge on any atom is 0.319 e. The highest BCUT2D eigenvalue weighted by atomic mass is 32.2. The summed E-state index contributed by atoms with van der Waals surface area (Å²) >= 11 is 1.33. The SMILES string of the molecule is CC1CCC(C(C)C)C(NC(=O)Nc2ccccc2SCC(N)=O)C1. The van der Waals surface area contributed by atoms with Gasteiger partial charge in [0.25, 0.3) is 0 Å². The number of carbonyl (C=O) groups is 2. The molecule has 1 aromatic rings. The summed E-state index contributed by atoms with van der Waals surface area (Å²) in [4.78, 5) is 24.4. The minimum atomic E-state index is -0.375. The van der Waals surface area contributed by atoms with Gasteiger partial charge < -0.3 is 16.4 Å². The van der Waals surface area contributed by atoms with Crippen molar-refractivity contribution in [2.24, 2.45) is 23.5 Å². The van der Waals surface area contributed by atoms with Gasteiger partial charge in [-0.3, -0.25) is 4.79 Å². The number of rotatable bonds is 6. The molecule has 25 heavy (non-hydrogen) atoms. The van der Waals surface area contributed by atoms with Crippen LogP contribution in [0.5, 0.6) is 0 Å². The summed E-state index contributed by atoms with van der Waals surface area (Å²) < 4.78 is 0. The van der Waals surface area contributed by atoms with Crippen molar-refractivity contribution in [1.82, 2.24) is 5.32 Å². The van der Waals surface area contributed by atoms with Gasteiger partial charge in [0.05, 0.1) is 11.4 Å². The first-order valence-corrected chi connectivity index (χ1v) is 9.93. The van der Waals surface area contributed by atoms with E-state index in [9.17, 15) is 9.59 Å². The zero-order valence-electron chi connectivity index (χ0n) is 15.2. The average Bonchev–Trinajstić information content (AvgIpc) is 2.53. The fourth-order valence-electron chi connectivity index (χ4n) is 3.54. The normalized spacial score (nSPS) is 23.3. The van der Waals surface area contributed by atoms with Crippen molar-refractivity contribution in [2.75, 3.05) is 11.1 Å². The monoisotopic (exact) mass is 363 g/mol. The number of primary amides is 1. The number of para-hydroxylation sites is 1. The van der Waals surface area contributed by atoms with E-state index in [4.69, 9.17) is 5.73 Å². The molecule has 0 saturated heterocycles. The molecule has 0 radical (unpaired) electrons. The maximum absolute atomic E-state index is 12.5. The van der Waals surface area contributed by atoms with Gasteiger partial charge >= 0.3 is 6.03 Å². The van der Waals surface area contributed by atoms with E-state index in [2.05, 4.69) is 31.4 Å². The van der Waals surface area contributed by atoms with Crippen LogP contribution in [-0.4, -0.2) is 23.7 Å². The van der Waals surface area contributed by atoms with Crippen LogP contribution in [0.25, 0.3) is 0 Å². The second kappa shape index (κ2) is 9.13. The number of carbonyl (C=O) groups excluding carboxylic acids is 2. The highest BCUT2D eigenvalue weighted by molar-refractivity contribution is 8.00. The van der Waals surface area contributed by atoms with Crippen LogP contribution in [0.4, 0.5) is 10.5 Å². The first-order chi connectivity index (χ1) is 11.9. The molecule has 1 fully saturated rings. The molecule has 0 aliphatic heterocycles. The molecule has 6 heteroatoms. The Morgan fingerprint density at radius 3 is 2.68 bits per heavy atom. The Morgan fingerprint density at radius 1 is 1.28 bits per heavy atom. The predicted octanol–water partition coefficient (Wildman–Crippen LogP) is 3.85. The largest absolute Gasteiger partial charge is 0.369 e. The molecular weight excluding hydrogens is 334 g/mol. The predicted molar refractivity (Wildman–Crippen MR) is 104 cm³/mol. The Kier molecular flexibility index (Phi) is 7.17. The van der Waals surface area contributed by atoms with Crippen LogP contribution in [0.1, 0.15) is 40.0 Å². The summed E-state index contributed by atoms with van der Waals surface area (Å²) in [6.45, 7) is 6.70. The molecule has 1 aliphatic carbocycles. The van der Waals surface area contributed by atoms with Crippen molar-refractivity contribution < 1.29 is 9.59 Å². The van der Waals surface area contributed by atoms with E-state index >= 15 is 0 Å². The van der Waals surface area contributed by atoms with Gasteiger partial charge in [0.15, 0.2) is 0 Å². The molecule has 3 atom stereocenters. The number of thioether (sulfide) groups is 1. The molecule has 5 nitrogen and oxygen atoms in total. The van der Waals surface area contributed by atoms with E-state index in [1.165, 1.54) is 18.2 Å². The van der Waals surface area contributed by atoms with E-state index < -0.39 is 0 Å². The van der Waals surface area contributed by atoms with Crippen LogP contribution >= 0.6 is 11.8 Å². The van der Waals surface area contributed by atoms with Crippen LogP contribution in [0, 0.1) is 17.8 Å². The lowest BCUT2D eigenvalue weighted by molar-refractivity contribution is -0.115. The molecule has 4 N–H and O–H groups in total. The van der Waals surface area contributed by atoms with Crippen molar-refractivity contribution in [1.29, 1.82) is 0 Å². The van der Waals surface area contributed by atoms with E-state index in [0.29, 0.717) is 23.4 Å². The number of hydrogen-bond donors (Lipinski definition) is 3. The summed E-state index contributed by atoms with van der Waals surface area (Å²) in [5, 5.41) is 6.10. The Morgan fingerprint density at radius 2 is 2.00 bits per heavy atom. The Bertz CT molecular complexity index is 606. The highest BCUT2D eigenvalue weighted by Gasteiger charge is 2.31. The second-order valence-electron chi connectivity index (χ2n) is 7.28. The number of anilines is 1. The molecule has 0 bridgehead atoms. The molecule has 1 saturated carbocycles. The van der Waals surface area contributed by atoms with Crippen molar-refractivity contribution in [2.45, 2.75) is 51.0 Å². The minimum absolute atomic E-state index is 0.183. The van der Waals surface area contributed by atoms with Gasteiger partial charge in [-0.25, -0.2) is 4.79 Å². The van der Waals surface area contributed by atoms with Gasteiger partial charge in [0, 0.05) is 10.9 Å². The van der Waals surface area contributed by atoms with Crippen LogP contribution < -0.4 is 16.4 Å². The molecule has 138 valence electrons. The lowest BCUT2D eigenvalue weighted by Crippen LogP contribution is -2.47. The van der Waals surface area contributed by atoms with Gasteiger partial charge in [-0.15, -0.1) is 11.8 Å². The summed E-state index contributed by atoms with van der Waals surface area (Å²) in [5.74, 6) is 1.52. The van der Waals surface area contributed by atoms with E-state index in [0.717, 1.165) is 17.7 Å². The standard InChI is InChI=1S/C19H29N3O2S/c1-12(2)14-9-8-13(3)10-16(14)22-19(24)21-15-6-4-5-7-17(15)25-11-18(20)23/h4-7,12-14,16H,8-11H2,1-3H3,(H2,20,23)(H2,21,22,24). The summed E-state index contributed by atoms with van der Waals surface area (Å²) in [6.07, 6.45) is 3.42. The van der Waals surface area contributed by atoms with Crippen molar-refractivity contribution in [3.8, 4) is 0 Å². The first-order valence-electron chi connectivity index (χ1n) is 8.94. The molecule has 0 spiro atoms. The first kappa shape index (κ1) is 19.6. The number of urea groups is 1. The number of nitrogens with two attached hydrogens (primary N) is 1. The zero-order valence-corrected chi connectivity index (χ0v) is 16.1. The Hall–Kier alpha value is -1.69. The molecule has 3 amide bonds. The lowest BCUT2D eigenvalue weighted by Gasteiger charge is -2.37. The molecule has 2 rings (SSSR count). The van der Waals surface area contributed by atoms with Gasteiger partial charge in [-0.2, -0.15) is 0 Å². The maximum atomic E-state index is 12.5. The van der Waals surface area contributed by atoms with Crippen molar-refractivity contribution in [3.63, 3.8) is 0 Å². The number of benzene rings is 1. The number of amides is 3. The van der Waals surface area contributed by atoms with Gasteiger partial charge in [-0.05, 0) is 42.7 Å². The van der Waals surface area contributed by atoms with Crippen LogP contribution in [-0.2, 0) is 4.79 Å². The average molecular weight is 364 g/mol. The Balaban J connectivity index is 2.00. The smallest absolute Gasteiger partial charge is 0.319 e. The summed E-state index contributed by atoms with van der Waals surface area (Å²) in [6, 6.07) is 7.48. The van der Waals surface area contributed by atoms with Crippen LogP contribution in [0.15, 0.2) is 29.2 Å². The summed E-state index contributed by atoms with van der Waals surface area (Å²) in [7, 11) is 0. The molecule has 1 aliphatic rings. The minimum Gasteiger partial charge on any atom is -0.369 e. The molecule has 1 aromatic carbocycles. The van der Waals surface area contributed by atoms with E-state index in [-0.39, 0.29) is 23.7 Å². The zero-order chi connectivity index (χ0) is 18.4. The third kappa shape index (κ3) is 5.96. The third-order valence-electron chi connectivity index (χ3n) is 4.84. The highest BCUT2D eigenvalue weighted by Crippen LogP contribution is 2.33. The topological polar surface area (TPSA) is 84.2 Å². The van der Waals surface area contributed by atoms with E-state index in [1.54, 1.807) is 0 Å². The molecule has 0 heterocycles. The van der Waals surface area contributed by atoms with Crippen LogP contribution in [0.2, 0.25) is 0 Å². The van der Waals surface area contributed by atoms with Crippen LogP contribution in [0.3, 0.4) is 0 Å². The lowest BCUT2D eigenvalue weighted by atomic mass is 9.74. The van der Waals surface area contributed by atoms with E-state index in [1.807, 2.05) is 24.3 Å². The van der Waals surface area contributed by atoms with Crippen molar-refractivity contribution >= 4 is 29.4 Å². The van der Waals surface area contributed by atoms with Crippen molar-refractivity contribution in [3.05, 3.63) is 24.3 Å². The molecular formula is C19H29N3O2S. The quantitative estimate of drug-likeness (QED) is 0.671. The summed E-state index contributed by atoms with van der Waals surface area (Å²) in [5.41, 5.74) is 5.92. The third-order valence-corrected chi connectivity index (χ3v) is 5.94. The Labute approximate surface area is 154 Å². The fraction of sp³-hybridized carbons (Fsp3) is 0.579. The molecule has 3 unspecified atom stereocenters. The van der Waals surface area contributed by atoms with Gasteiger partial charge in [0.2, 0.25) is 5.91 Å². The molecule has 0 aromatic heterocycles. The fourth-order valence-corrected chi connectivity index (χ4v) is 4.29.